The van der Waals surface area contributed by atoms with E-state index in [1.807, 2.05) is 19.1 Å². The van der Waals surface area contributed by atoms with Gasteiger partial charge < -0.3 is 9.64 Å². The molecule has 1 aliphatic rings. The second kappa shape index (κ2) is 5.21. The summed E-state index contributed by atoms with van der Waals surface area (Å²) in [7, 11) is 0. The van der Waals surface area contributed by atoms with E-state index in [9.17, 15) is 9.59 Å². The number of rotatable bonds is 2. The molecule has 0 unspecified atom stereocenters. The molecule has 1 aromatic carbocycles. The van der Waals surface area contributed by atoms with Gasteiger partial charge in [0.15, 0.2) is 5.78 Å². The van der Waals surface area contributed by atoms with Crippen molar-refractivity contribution in [3.8, 4) is 5.75 Å². The fourth-order valence-electron chi connectivity index (χ4n) is 2.15. The first-order chi connectivity index (χ1) is 8.61. The van der Waals surface area contributed by atoms with Gasteiger partial charge in [-0.25, -0.2) is 0 Å². The van der Waals surface area contributed by atoms with E-state index in [1.54, 1.807) is 11.0 Å². The van der Waals surface area contributed by atoms with Gasteiger partial charge in [-0.15, -0.1) is 0 Å². The van der Waals surface area contributed by atoms with E-state index >= 15 is 0 Å². The Bertz CT molecular complexity index is 482. The van der Waals surface area contributed by atoms with Crippen LogP contribution in [0.5, 0.6) is 5.75 Å². The molecule has 0 atom stereocenters. The van der Waals surface area contributed by atoms with Crippen molar-refractivity contribution in [2.24, 2.45) is 0 Å². The van der Waals surface area contributed by atoms with Gasteiger partial charge in [-0.1, -0.05) is 0 Å². The van der Waals surface area contributed by atoms with E-state index in [4.69, 9.17) is 4.74 Å². The maximum absolute atomic E-state index is 12.0. The first kappa shape index (κ1) is 12.6. The van der Waals surface area contributed by atoms with E-state index in [1.165, 1.54) is 6.92 Å². The van der Waals surface area contributed by atoms with Gasteiger partial charge in [0.05, 0.1) is 6.61 Å². The van der Waals surface area contributed by atoms with Crippen molar-refractivity contribution in [1.82, 2.24) is 4.90 Å². The summed E-state index contributed by atoms with van der Waals surface area (Å²) < 4.78 is 5.43. The van der Waals surface area contributed by atoms with Crippen molar-refractivity contribution in [3.63, 3.8) is 0 Å². The third kappa shape index (κ3) is 2.53. The summed E-state index contributed by atoms with van der Waals surface area (Å²) in [5, 5.41) is 0. The number of ether oxygens (including phenoxy) is 1. The van der Waals surface area contributed by atoms with E-state index in [0.717, 1.165) is 11.3 Å². The average Bonchev–Trinajstić information content (AvgIpc) is 2.49. The molecule has 96 valence electrons. The van der Waals surface area contributed by atoms with E-state index < -0.39 is 0 Å². The number of hydrogen-bond acceptors (Lipinski definition) is 3. The Kier molecular flexibility index (Phi) is 3.65. The van der Waals surface area contributed by atoms with Crippen LogP contribution in [0.4, 0.5) is 0 Å². The van der Waals surface area contributed by atoms with Gasteiger partial charge in [0, 0.05) is 32.0 Å². The van der Waals surface area contributed by atoms with Crippen LogP contribution in [-0.4, -0.2) is 29.7 Å². The predicted octanol–water partition coefficient (Wildman–Crippen LogP) is 2.02. The summed E-state index contributed by atoms with van der Waals surface area (Å²) in [5.41, 5.74) is 1.58. The smallest absolute Gasteiger partial charge is 0.219 e. The Morgan fingerprint density at radius 1 is 1.44 bits per heavy atom. The molecule has 4 nitrogen and oxygen atoms in total. The SMILES string of the molecule is CCOc1ccc2c(c1)CN(C(C)=O)CCC2=O. The second-order valence-corrected chi connectivity index (χ2v) is 4.37. The Labute approximate surface area is 107 Å². The number of fused-ring (bicyclic) bond motifs is 1. The van der Waals surface area contributed by atoms with Crippen LogP contribution in [0.25, 0.3) is 0 Å². The molecule has 18 heavy (non-hydrogen) atoms. The maximum atomic E-state index is 12.0. The minimum absolute atomic E-state index is 0.00235. The van der Waals surface area contributed by atoms with Crippen molar-refractivity contribution in [1.29, 1.82) is 0 Å². The zero-order valence-electron chi connectivity index (χ0n) is 10.7. The normalized spacial score (nSPS) is 15.0. The minimum atomic E-state index is -0.00235. The number of hydrogen-bond donors (Lipinski definition) is 0. The molecule has 0 aromatic heterocycles. The summed E-state index contributed by atoms with van der Waals surface area (Å²) in [6.45, 7) is 5.01. The molecule has 4 heteroatoms. The molecule has 0 saturated heterocycles. The van der Waals surface area contributed by atoms with Crippen LogP contribution in [0.3, 0.4) is 0 Å². The lowest BCUT2D eigenvalue weighted by molar-refractivity contribution is -0.129. The molecule has 0 radical (unpaired) electrons. The number of Topliss-reactive ketones (excluding diaryl/α,β-unsaturated/α-hetero) is 1. The Hall–Kier alpha value is -1.84. The van der Waals surface area contributed by atoms with Gasteiger partial charge in [0.2, 0.25) is 5.91 Å². The molecule has 0 fully saturated rings. The van der Waals surface area contributed by atoms with Crippen molar-refractivity contribution in [3.05, 3.63) is 29.3 Å². The van der Waals surface area contributed by atoms with Crippen LogP contribution in [0.2, 0.25) is 0 Å². The summed E-state index contributed by atoms with van der Waals surface area (Å²) in [5.74, 6) is 0.837. The summed E-state index contributed by atoms with van der Waals surface area (Å²) in [6.07, 6.45) is 0.389. The Morgan fingerprint density at radius 3 is 2.89 bits per heavy atom. The van der Waals surface area contributed by atoms with Crippen LogP contribution >= 0.6 is 0 Å². The lowest BCUT2D eigenvalue weighted by Crippen LogP contribution is -2.28. The van der Waals surface area contributed by atoms with E-state index in [0.29, 0.717) is 31.7 Å². The molecule has 0 spiro atoms. The predicted molar refractivity (Wildman–Crippen MR) is 67.6 cm³/mol. The lowest BCUT2D eigenvalue weighted by Gasteiger charge is -2.18. The van der Waals surface area contributed by atoms with Gasteiger partial charge in [-0.05, 0) is 30.7 Å². The van der Waals surface area contributed by atoms with Gasteiger partial charge in [-0.2, -0.15) is 0 Å². The highest BCUT2D eigenvalue weighted by molar-refractivity contribution is 5.98. The first-order valence-corrected chi connectivity index (χ1v) is 6.16. The molecule has 0 N–H and O–H groups in total. The summed E-state index contributed by atoms with van der Waals surface area (Å²) in [4.78, 5) is 25.1. The zero-order valence-corrected chi connectivity index (χ0v) is 10.7. The van der Waals surface area contributed by atoms with Crippen LogP contribution < -0.4 is 4.74 Å². The fraction of sp³-hybridized carbons (Fsp3) is 0.429. The van der Waals surface area contributed by atoms with E-state index in [2.05, 4.69) is 0 Å². The first-order valence-electron chi connectivity index (χ1n) is 6.16. The Balaban J connectivity index is 2.36. The van der Waals surface area contributed by atoms with Crippen LogP contribution in [0.1, 0.15) is 36.2 Å². The van der Waals surface area contributed by atoms with Crippen LogP contribution in [-0.2, 0) is 11.3 Å². The topological polar surface area (TPSA) is 46.6 Å². The van der Waals surface area contributed by atoms with Crippen molar-refractivity contribution < 1.29 is 14.3 Å². The van der Waals surface area contributed by atoms with Gasteiger partial charge >= 0.3 is 0 Å². The third-order valence-corrected chi connectivity index (χ3v) is 3.10. The quantitative estimate of drug-likeness (QED) is 0.803. The molecule has 0 aliphatic carbocycles. The highest BCUT2D eigenvalue weighted by Gasteiger charge is 2.21. The summed E-state index contributed by atoms with van der Waals surface area (Å²) in [6, 6.07) is 5.47. The molecule has 1 amide bonds. The minimum Gasteiger partial charge on any atom is -0.494 e. The standard InChI is InChI=1S/C14H17NO3/c1-3-18-12-4-5-13-11(8-12)9-15(10(2)16)7-6-14(13)17/h4-5,8H,3,6-7,9H2,1-2H3. The molecule has 0 saturated carbocycles. The number of carbonyl (C=O) groups excluding carboxylic acids is 2. The third-order valence-electron chi connectivity index (χ3n) is 3.10. The molecule has 1 aromatic rings. The average molecular weight is 247 g/mol. The van der Waals surface area contributed by atoms with E-state index in [-0.39, 0.29) is 11.7 Å². The number of carbonyl (C=O) groups is 2. The molecule has 1 heterocycles. The number of ketones is 1. The maximum Gasteiger partial charge on any atom is 0.219 e. The fourth-order valence-corrected chi connectivity index (χ4v) is 2.15. The van der Waals surface area contributed by atoms with Crippen LogP contribution in [0.15, 0.2) is 18.2 Å². The monoisotopic (exact) mass is 247 g/mol. The highest BCUT2D eigenvalue weighted by Crippen LogP contribution is 2.23. The number of amides is 1. The molecular weight excluding hydrogens is 230 g/mol. The number of benzene rings is 1. The summed E-state index contributed by atoms with van der Waals surface area (Å²) >= 11 is 0. The van der Waals surface area contributed by atoms with Gasteiger partial charge in [0.25, 0.3) is 0 Å². The van der Waals surface area contributed by atoms with Crippen molar-refractivity contribution in [2.75, 3.05) is 13.2 Å². The van der Waals surface area contributed by atoms with Crippen molar-refractivity contribution >= 4 is 11.7 Å². The van der Waals surface area contributed by atoms with Gasteiger partial charge in [-0.3, -0.25) is 9.59 Å². The molecule has 0 bridgehead atoms. The second-order valence-electron chi connectivity index (χ2n) is 4.37. The highest BCUT2D eigenvalue weighted by atomic mass is 16.5. The van der Waals surface area contributed by atoms with Crippen LogP contribution in [0, 0.1) is 0 Å². The number of nitrogens with zero attached hydrogens (tertiary/aromatic N) is 1. The largest absolute Gasteiger partial charge is 0.494 e. The molecule has 2 rings (SSSR count). The molecular formula is C14H17NO3. The lowest BCUT2D eigenvalue weighted by atomic mass is 10.0. The zero-order chi connectivity index (χ0) is 13.1. The Morgan fingerprint density at radius 2 is 2.22 bits per heavy atom. The van der Waals surface area contributed by atoms with Gasteiger partial charge in [0.1, 0.15) is 5.75 Å². The molecule has 1 aliphatic heterocycles. The van der Waals surface area contributed by atoms with Crippen molar-refractivity contribution in [2.45, 2.75) is 26.8 Å².